The van der Waals surface area contributed by atoms with Gasteiger partial charge in [-0.3, -0.25) is 23.7 Å². The van der Waals surface area contributed by atoms with Crippen molar-refractivity contribution in [2.75, 3.05) is 10.2 Å². The van der Waals surface area contributed by atoms with Gasteiger partial charge in [-0.2, -0.15) is 0 Å². The number of hydrogen-bond donors (Lipinski definition) is 2. The first-order valence-corrected chi connectivity index (χ1v) is 14.5. The number of aromatic hydroxyl groups is 1. The van der Waals surface area contributed by atoms with Crippen molar-refractivity contribution >= 4 is 63.8 Å². The molecule has 0 radical (unpaired) electrons. The summed E-state index contributed by atoms with van der Waals surface area (Å²) in [6, 6.07) is 20.2. The third kappa shape index (κ3) is 4.61. The molecule has 4 aromatic rings. The number of hydrogen-bond acceptors (Lipinski definition) is 7. The van der Waals surface area contributed by atoms with E-state index < -0.39 is 23.0 Å². The van der Waals surface area contributed by atoms with E-state index in [2.05, 4.69) is 5.32 Å². The van der Waals surface area contributed by atoms with Crippen molar-refractivity contribution in [2.45, 2.75) is 29.7 Å². The number of aromatic nitrogens is 1. The molecule has 1 aromatic heterocycles. The van der Waals surface area contributed by atoms with Crippen molar-refractivity contribution in [2.24, 2.45) is 5.92 Å². The van der Waals surface area contributed by atoms with E-state index in [0.717, 1.165) is 28.7 Å². The van der Waals surface area contributed by atoms with Gasteiger partial charge >= 0.3 is 4.87 Å². The van der Waals surface area contributed by atoms with Gasteiger partial charge in [-0.05, 0) is 61.0 Å². The third-order valence-electron chi connectivity index (χ3n) is 7.02. The molecule has 2 aliphatic heterocycles. The van der Waals surface area contributed by atoms with E-state index >= 15 is 0 Å². The van der Waals surface area contributed by atoms with Crippen molar-refractivity contribution in [1.29, 1.82) is 0 Å². The molecule has 1 saturated heterocycles. The molecule has 6 rings (SSSR count). The number of amides is 3. The molecule has 3 amide bonds. The Morgan fingerprint density at radius 3 is 2.30 bits per heavy atom. The summed E-state index contributed by atoms with van der Waals surface area (Å²) < 4.78 is 1.37. The molecule has 3 aromatic carbocycles. The van der Waals surface area contributed by atoms with E-state index in [1.54, 1.807) is 48.5 Å². The molecule has 2 aliphatic rings. The minimum Gasteiger partial charge on any atom is -0.508 e. The summed E-state index contributed by atoms with van der Waals surface area (Å²) in [5.41, 5.74) is 2.72. The molecule has 0 spiro atoms. The Morgan fingerprint density at radius 1 is 0.950 bits per heavy atom. The summed E-state index contributed by atoms with van der Waals surface area (Å²) in [5.74, 6) is -2.43. The van der Waals surface area contributed by atoms with Gasteiger partial charge in [-0.1, -0.05) is 64.5 Å². The highest BCUT2D eigenvalue weighted by Crippen LogP contribution is 2.54. The maximum atomic E-state index is 13.9. The summed E-state index contributed by atoms with van der Waals surface area (Å²) in [5, 5.41) is 12.9. The predicted octanol–water partition coefficient (Wildman–Crippen LogP) is 5.01. The average molecular weight is 592 g/mol. The summed E-state index contributed by atoms with van der Waals surface area (Å²) in [6.07, 6.45) is 0. The van der Waals surface area contributed by atoms with Crippen LogP contribution in [-0.2, 0) is 20.9 Å². The first-order valence-electron chi connectivity index (χ1n) is 12.4. The number of aryl methyl sites for hydroxylation is 1. The summed E-state index contributed by atoms with van der Waals surface area (Å²) in [7, 11) is 0. The fraction of sp³-hybridized carbons (Fsp3) is 0.172. The summed E-state index contributed by atoms with van der Waals surface area (Å²) in [6.45, 7) is 1.66. The van der Waals surface area contributed by atoms with Crippen LogP contribution in [0, 0.1) is 12.8 Å². The Morgan fingerprint density at radius 2 is 1.62 bits per heavy atom. The van der Waals surface area contributed by atoms with Crippen LogP contribution >= 0.6 is 34.7 Å². The second-order valence-electron chi connectivity index (χ2n) is 9.66. The standard InChI is InChI=1S/C29H22ClN3O5S2/c1-15-2-10-19(11-3-15)33-26(36)23-22(16-4-12-20(34)13-5-16)25-28(39-24(23)27(33)37)32(29(38)40-25)14-21(35)31-18-8-6-17(30)7-9-18/h2-13,22-24,34H,14H2,1H3,(H,31,35)/t22-,23+,24-/m0/s1. The molecular weight excluding hydrogens is 570 g/mol. The van der Waals surface area contributed by atoms with E-state index in [9.17, 15) is 24.3 Å². The number of phenols is 1. The summed E-state index contributed by atoms with van der Waals surface area (Å²) in [4.78, 5) is 55.3. The van der Waals surface area contributed by atoms with Crippen LogP contribution in [0.1, 0.15) is 21.9 Å². The van der Waals surface area contributed by atoms with Gasteiger partial charge in [0.25, 0.3) is 0 Å². The highest BCUT2D eigenvalue weighted by molar-refractivity contribution is 8.00. The molecule has 1 fully saturated rings. The minimum atomic E-state index is -0.792. The fourth-order valence-electron chi connectivity index (χ4n) is 5.12. The van der Waals surface area contributed by atoms with Gasteiger partial charge in [0.1, 0.15) is 17.5 Å². The Kier molecular flexibility index (Phi) is 6.77. The van der Waals surface area contributed by atoms with Gasteiger partial charge < -0.3 is 10.4 Å². The lowest BCUT2D eigenvalue weighted by molar-refractivity contribution is -0.122. The SMILES string of the molecule is Cc1ccc(N2C(=O)[C@@H]3[C@H](c4ccc(O)cc4)c4sc(=O)n(CC(=O)Nc5ccc(Cl)cc5)c4S[C@@H]3C2=O)cc1. The van der Waals surface area contributed by atoms with Crippen LogP contribution in [-0.4, -0.2) is 32.6 Å². The van der Waals surface area contributed by atoms with E-state index in [1.807, 2.05) is 19.1 Å². The molecule has 0 aliphatic carbocycles. The predicted molar refractivity (Wildman–Crippen MR) is 155 cm³/mol. The zero-order chi connectivity index (χ0) is 28.1. The quantitative estimate of drug-likeness (QED) is 0.316. The number of thioether (sulfide) groups is 1. The Bertz CT molecular complexity index is 1700. The number of anilines is 2. The molecule has 0 bridgehead atoms. The smallest absolute Gasteiger partial charge is 0.308 e. The van der Waals surface area contributed by atoms with Crippen LogP contribution in [0.15, 0.2) is 82.6 Å². The van der Waals surface area contributed by atoms with Crippen molar-refractivity contribution in [1.82, 2.24) is 4.57 Å². The number of carbonyl (C=O) groups is 3. The molecular formula is C29H22ClN3O5S2. The molecule has 202 valence electrons. The first kappa shape index (κ1) is 26.4. The zero-order valence-corrected chi connectivity index (χ0v) is 23.4. The largest absolute Gasteiger partial charge is 0.508 e. The number of phenolic OH excluding ortho intramolecular Hbond substituents is 1. The highest BCUT2D eigenvalue weighted by Gasteiger charge is 2.56. The van der Waals surface area contributed by atoms with E-state index in [4.69, 9.17) is 11.6 Å². The number of fused-ring (bicyclic) bond motifs is 2. The maximum Gasteiger partial charge on any atom is 0.308 e. The molecule has 11 heteroatoms. The number of halogens is 1. The Labute approximate surface area is 242 Å². The zero-order valence-electron chi connectivity index (χ0n) is 21.0. The lowest BCUT2D eigenvalue weighted by Gasteiger charge is -2.30. The Hall–Kier alpha value is -3.86. The van der Waals surface area contributed by atoms with Crippen LogP contribution in [0.2, 0.25) is 5.02 Å². The molecule has 3 atom stereocenters. The molecule has 2 N–H and O–H groups in total. The van der Waals surface area contributed by atoms with Crippen molar-refractivity contribution in [3.63, 3.8) is 0 Å². The molecule has 40 heavy (non-hydrogen) atoms. The molecule has 3 heterocycles. The third-order valence-corrected chi connectivity index (χ3v) is 9.88. The number of rotatable bonds is 5. The van der Waals surface area contributed by atoms with Crippen LogP contribution in [0.25, 0.3) is 0 Å². The van der Waals surface area contributed by atoms with Crippen LogP contribution in [0.5, 0.6) is 5.75 Å². The number of nitrogens with one attached hydrogen (secondary N) is 1. The van der Waals surface area contributed by atoms with Crippen LogP contribution in [0.3, 0.4) is 0 Å². The monoisotopic (exact) mass is 591 g/mol. The number of carbonyl (C=O) groups excluding carboxylic acids is 3. The molecule has 0 unspecified atom stereocenters. The van der Waals surface area contributed by atoms with Crippen molar-refractivity contribution in [3.8, 4) is 5.75 Å². The van der Waals surface area contributed by atoms with Gasteiger partial charge in [0.05, 0.1) is 16.6 Å². The van der Waals surface area contributed by atoms with E-state index in [-0.39, 0.29) is 29.0 Å². The average Bonchev–Trinajstić information content (AvgIpc) is 3.37. The minimum absolute atomic E-state index is 0.0606. The number of benzene rings is 3. The number of thiazole rings is 1. The van der Waals surface area contributed by atoms with E-state index in [1.165, 1.54) is 21.6 Å². The van der Waals surface area contributed by atoms with Gasteiger partial charge in [0, 0.05) is 21.5 Å². The second-order valence-corrected chi connectivity index (χ2v) is 12.2. The lowest BCUT2D eigenvalue weighted by atomic mass is 9.83. The molecule has 0 saturated carbocycles. The number of imide groups is 1. The first-order chi connectivity index (χ1) is 19.2. The normalized spacial score (nSPS) is 19.9. The number of nitrogens with zero attached hydrogens (tertiary/aromatic N) is 2. The van der Waals surface area contributed by atoms with E-state index in [0.29, 0.717) is 31.9 Å². The fourth-order valence-corrected chi connectivity index (χ4v) is 8.02. The van der Waals surface area contributed by atoms with Crippen LogP contribution < -0.4 is 15.1 Å². The van der Waals surface area contributed by atoms with Gasteiger partial charge in [-0.15, -0.1) is 0 Å². The van der Waals surface area contributed by atoms with Crippen molar-refractivity contribution in [3.05, 3.63) is 103 Å². The van der Waals surface area contributed by atoms with Gasteiger partial charge in [-0.25, -0.2) is 4.90 Å². The van der Waals surface area contributed by atoms with Gasteiger partial charge in [0.15, 0.2) is 0 Å². The van der Waals surface area contributed by atoms with Gasteiger partial charge in [0.2, 0.25) is 17.7 Å². The van der Waals surface area contributed by atoms with Crippen LogP contribution in [0.4, 0.5) is 11.4 Å². The highest BCUT2D eigenvalue weighted by atomic mass is 35.5. The Balaban J connectivity index is 1.40. The second kappa shape index (κ2) is 10.3. The topological polar surface area (TPSA) is 109 Å². The van der Waals surface area contributed by atoms with Crippen molar-refractivity contribution < 1.29 is 19.5 Å². The molecule has 8 nitrogen and oxygen atoms in total. The lowest BCUT2D eigenvalue weighted by Crippen LogP contribution is -2.33. The maximum absolute atomic E-state index is 13.9. The summed E-state index contributed by atoms with van der Waals surface area (Å²) >= 11 is 8.06.